The van der Waals surface area contributed by atoms with Crippen LogP contribution in [-0.2, 0) is 0 Å². The molecule has 3 heterocycles. The third-order valence-electron chi connectivity index (χ3n) is 14.2. The van der Waals surface area contributed by atoms with Crippen LogP contribution in [0.15, 0.2) is 206 Å². The van der Waals surface area contributed by atoms with Gasteiger partial charge in [-0.15, -0.1) is 0 Å². The summed E-state index contributed by atoms with van der Waals surface area (Å²) in [5, 5.41) is 31.6. The van der Waals surface area contributed by atoms with Gasteiger partial charge in [0.25, 0.3) is 0 Å². The van der Waals surface area contributed by atoms with Crippen LogP contribution in [0.1, 0.15) is 33.7 Å². The Morgan fingerprint density at radius 2 is 0.894 bits per heavy atom. The molecule has 0 saturated carbocycles. The first-order valence-corrected chi connectivity index (χ1v) is 22.3. The van der Waals surface area contributed by atoms with E-state index in [2.05, 4.69) is 214 Å². The smallest absolute Gasteiger partial charge is 0.101 e. The lowest BCUT2D eigenvalue weighted by atomic mass is 9.89. The molecule has 1 aliphatic carbocycles. The minimum atomic E-state index is 0.0280. The molecule has 0 bridgehead atoms. The third kappa shape index (κ3) is 4.92. The van der Waals surface area contributed by atoms with Crippen LogP contribution in [0.3, 0.4) is 0 Å². The molecule has 5 heteroatoms. The maximum Gasteiger partial charge on any atom is 0.101 e. The fourth-order valence-corrected chi connectivity index (χ4v) is 11.4. The van der Waals surface area contributed by atoms with Gasteiger partial charge in [-0.05, 0) is 105 Å². The van der Waals surface area contributed by atoms with Crippen LogP contribution < -0.4 is 0 Å². The Hall–Kier alpha value is -9.16. The summed E-state index contributed by atoms with van der Waals surface area (Å²) in [6, 6.07) is 78.3. The van der Waals surface area contributed by atoms with E-state index in [1.165, 1.54) is 38.6 Å². The van der Waals surface area contributed by atoms with E-state index in [0.29, 0.717) is 22.5 Å². The van der Waals surface area contributed by atoms with Crippen molar-refractivity contribution in [2.75, 3.05) is 0 Å². The summed E-state index contributed by atoms with van der Waals surface area (Å²) in [5.41, 5.74) is 15.7. The van der Waals surface area contributed by atoms with E-state index < -0.39 is 0 Å². The lowest BCUT2D eigenvalue weighted by Gasteiger charge is -2.17. The zero-order valence-corrected chi connectivity index (χ0v) is 35.4. The molecule has 0 amide bonds. The van der Waals surface area contributed by atoms with Gasteiger partial charge < -0.3 is 13.7 Å². The van der Waals surface area contributed by atoms with Gasteiger partial charge in [0.15, 0.2) is 0 Å². The van der Waals surface area contributed by atoms with Crippen LogP contribution in [0.25, 0.3) is 104 Å². The highest BCUT2D eigenvalue weighted by molar-refractivity contribution is 6.21. The summed E-state index contributed by atoms with van der Waals surface area (Å²) in [4.78, 5) is 0. The Morgan fingerprint density at radius 3 is 1.61 bits per heavy atom. The molecule has 0 fully saturated rings. The maximum absolute atomic E-state index is 11.3. The average Bonchev–Trinajstić information content (AvgIpc) is 4.10. The van der Waals surface area contributed by atoms with Gasteiger partial charge in [-0.3, -0.25) is 0 Å². The van der Waals surface area contributed by atoms with Gasteiger partial charge in [-0.1, -0.05) is 140 Å². The summed E-state index contributed by atoms with van der Waals surface area (Å²) >= 11 is 0. The number of aromatic nitrogens is 3. The molecule has 0 N–H and O–H groups in total. The predicted octanol–water partition coefficient (Wildman–Crippen LogP) is 15.0. The van der Waals surface area contributed by atoms with Crippen molar-refractivity contribution in [3.05, 3.63) is 234 Å². The molecule has 0 radical (unpaired) electrons. The molecular formula is C61H35N5. The lowest BCUT2D eigenvalue weighted by Crippen LogP contribution is -2.04. The van der Waals surface area contributed by atoms with Crippen molar-refractivity contribution in [3.63, 3.8) is 0 Å². The first-order valence-electron chi connectivity index (χ1n) is 22.3. The number of para-hydroxylation sites is 3. The molecule has 1 aliphatic rings. The molecule has 0 spiro atoms. The third-order valence-corrected chi connectivity index (χ3v) is 14.2. The van der Waals surface area contributed by atoms with E-state index in [1.54, 1.807) is 0 Å². The summed E-state index contributed by atoms with van der Waals surface area (Å²) < 4.78 is 6.76. The lowest BCUT2D eigenvalue weighted by molar-refractivity contribution is 1.01. The topological polar surface area (TPSA) is 62.4 Å². The van der Waals surface area contributed by atoms with Crippen LogP contribution in [-0.4, -0.2) is 13.7 Å². The number of hydrogen-bond acceptors (Lipinski definition) is 2. The molecule has 1 unspecified atom stereocenters. The summed E-state index contributed by atoms with van der Waals surface area (Å²) in [5.74, 6) is 0.0280. The second-order valence-corrected chi connectivity index (χ2v) is 17.4. The van der Waals surface area contributed by atoms with Gasteiger partial charge in [0.05, 0.1) is 55.6 Å². The number of hydrogen-bond donors (Lipinski definition) is 0. The summed E-state index contributed by atoms with van der Waals surface area (Å²) in [6.45, 7) is 0. The highest BCUT2D eigenvalue weighted by Crippen LogP contribution is 2.51. The molecule has 0 aliphatic heterocycles. The monoisotopic (exact) mass is 837 g/mol. The van der Waals surface area contributed by atoms with Crippen molar-refractivity contribution < 1.29 is 0 Å². The molecule has 0 saturated heterocycles. The highest BCUT2D eigenvalue weighted by atomic mass is 15.0. The van der Waals surface area contributed by atoms with Crippen molar-refractivity contribution in [1.82, 2.24) is 13.7 Å². The molecular weight excluding hydrogens is 803 g/mol. The maximum atomic E-state index is 11.3. The van der Waals surface area contributed by atoms with E-state index in [4.69, 9.17) is 0 Å². The fraction of sp³-hybridized carbons (Fsp3) is 0.0164. The van der Waals surface area contributed by atoms with E-state index in [9.17, 15) is 10.5 Å². The van der Waals surface area contributed by atoms with Crippen LogP contribution >= 0.6 is 0 Å². The number of nitriles is 2. The minimum Gasteiger partial charge on any atom is -0.309 e. The average molecular weight is 838 g/mol. The van der Waals surface area contributed by atoms with E-state index in [0.717, 1.165) is 71.1 Å². The van der Waals surface area contributed by atoms with Crippen LogP contribution in [0.4, 0.5) is 0 Å². The Bertz CT molecular complexity index is 4270. The Labute approximate surface area is 379 Å². The number of nitrogens with zero attached hydrogens (tertiary/aromatic N) is 5. The second kappa shape index (κ2) is 13.7. The number of rotatable bonds is 4. The van der Waals surface area contributed by atoms with Gasteiger partial charge in [-0.25, -0.2) is 0 Å². The number of benzene rings is 10. The van der Waals surface area contributed by atoms with E-state index >= 15 is 0 Å². The van der Waals surface area contributed by atoms with Crippen molar-refractivity contribution in [2.24, 2.45) is 0 Å². The molecule has 66 heavy (non-hydrogen) atoms. The molecule has 3 aromatic heterocycles. The molecule has 14 rings (SSSR count). The van der Waals surface area contributed by atoms with Gasteiger partial charge in [0.1, 0.15) is 12.1 Å². The largest absolute Gasteiger partial charge is 0.309 e. The quantitative estimate of drug-likeness (QED) is 0.177. The summed E-state index contributed by atoms with van der Waals surface area (Å²) in [6.07, 6.45) is 0. The molecule has 1 atom stereocenters. The highest BCUT2D eigenvalue weighted by Gasteiger charge is 2.32. The second-order valence-electron chi connectivity index (χ2n) is 17.4. The van der Waals surface area contributed by atoms with E-state index in [1.807, 2.05) is 18.2 Å². The number of fused-ring (bicyclic) bond motifs is 14. The van der Waals surface area contributed by atoms with Crippen molar-refractivity contribution in [3.8, 4) is 40.3 Å². The van der Waals surface area contributed by atoms with Crippen molar-refractivity contribution >= 4 is 76.2 Å². The first-order chi connectivity index (χ1) is 32.7. The first kappa shape index (κ1) is 36.3. The van der Waals surface area contributed by atoms with E-state index in [-0.39, 0.29) is 5.92 Å². The standard InChI is InChI=1S/C61H35N5/c62-35-39-31-58(40(36-63)30-57(39)65-54-25-13-10-22-47(54)61-42-17-5-4-14-37(42)26-28-56(61)65)66-55-29-27-41(64-52-23-11-8-19-44(52)45-20-9-12-24-53(45)64)32-49(55)50-33-48-43-18-6-7-21-46(43)60(51(48)34-59(50)66)38-15-2-1-3-16-38/h1-34,60H. The van der Waals surface area contributed by atoms with Gasteiger partial charge in [-0.2, -0.15) is 10.5 Å². The minimum absolute atomic E-state index is 0.0280. The predicted molar refractivity (Wildman–Crippen MR) is 269 cm³/mol. The van der Waals surface area contributed by atoms with Crippen LogP contribution in [0.5, 0.6) is 0 Å². The van der Waals surface area contributed by atoms with Crippen molar-refractivity contribution in [1.29, 1.82) is 10.5 Å². The van der Waals surface area contributed by atoms with Crippen molar-refractivity contribution in [2.45, 2.75) is 5.92 Å². The normalized spacial score (nSPS) is 13.3. The molecule has 10 aromatic carbocycles. The van der Waals surface area contributed by atoms with Crippen LogP contribution in [0.2, 0.25) is 0 Å². The summed E-state index contributed by atoms with van der Waals surface area (Å²) in [7, 11) is 0. The van der Waals surface area contributed by atoms with Gasteiger partial charge >= 0.3 is 0 Å². The SMILES string of the molecule is N#Cc1cc(-n2c3ccccc3c3c4ccccc4ccc32)c(C#N)cc1-n1c2ccc(-n3c4ccccc4c4ccccc43)cc2c2cc3c(cc21)C(c1ccccc1)c1ccccc1-3. The molecule has 304 valence electrons. The molecule has 5 nitrogen and oxygen atoms in total. The Kier molecular flexibility index (Phi) is 7.53. The molecule has 13 aromatic rings. The van der Waals surface area contributed by atoms with Gasteiger partial charge in [0.2, 0.25) is 0 Å². The Morgan fingerprint density at radius 1 is 0.348 bits per heavy atom. The van der Waals surface area contributed by atoms with Crippen LogP contribution in [0, 0.1) is 22.7 Å². The van der Waals surface area contributed by atoms with Gasteiger partial charge in [0, 0.05) is 43.9 Å². The fourth-order valence-electron chi connectivity index (χ4n) is 11.4. The zero-order chi connectivity index (χ0) is 43.6. The zero-order valence-electron chi connectivity index (χ0n) is 35.4. The Balaban J connectivity index is 1.08.